The summed E-state index contributed by atoms with van der Waals surface area (Å²) in [5.41, 5.74) is 6.70. The lowest BCUT2D eigenvalue weighted by atomic mass is 10.0. The Morgan fingerprint density at radius 1 is 0.317 bits per heavy atom. The maximum Gasteiger partial charge on any atom is 0.327 e. The molecule has 7 N–H and O–H groups in total. The van der Waals surface area contributed by atoms with Gasteiger partial charge in [0.1, 0.15) is 76.5 Å². The molecule has 1 heterocycles. The fraction of sp³-hybridized carbons (Fsp3) is 0.485. The topological polar surface area (TPSA) is 354 Å². The molecule has 2 unspecified atom stereocenters. The molecule has 7 aromatic carbocycles. The van der Waals surface area contributed by atoms with Gasteiger partial charge in [-0.05, 0) is 266 Å². The number of likely N-dealkylation sites (N-methyl/N-ethyl adjacent to an activating group) is 6. The van der Waals surface area contributed by atoms with Gasteiger partial charge in [-0.15, -0.1) is 0 Å². The number of benzene rings is 7. The standard InChI is InChI=1S/C21H27NO4.C17H24N2O3.C15H22N2O5.2C15H23NO3.C14H21NO3/c1-4-22-20(21(23)25-6-3)15-16-7-9-18(10-8-16)26-19-13-11-17(12-14-19)24-5-2;1-4-18-16(17(20)22-6-3)9-12-11-19-15-8-7-13(21-5-2)10-14(12)15;1-4-16-12(15(18)22-6-3)9-11-7-8-14(21-5-2)13(10-11)17(19)20;1-4-16-14(15(17)19-6-3)11-12-8-7-9-13(10-12)18-5-2;1-4-16-13(15(17)19-6-3)11-12-9-7-8-10-14(12)18-5-2;1-4-15-13(14(16)18-6-3)11-7-9-12(10-8-11)17-5-2/h7-14,20,22H,4-6,15H2,1-3H3;7-8,10-11,16,18-19H,4-6,9H2,1-3H3;7-8,10,12,16H,4-6,9H2,1-3H3;7-10,14,16H,4-6,11H2,1-3H3;7-10,13,16H,4-6,11H2,1-3H3;7-10,13,15H,4-6H2,1-3H3/t20-;16-;;14-;13-;/m00.00./s1. The van der Waals surface area contributed by atoms with Crippen molar-refractivity contribution in [1.29, 1.82) is 0 Å². The van der Waals surface area contributed by atoms with Gasteiger partial charge in [0.2, 0.25) is 0 Å². The van der Waals surface area contributed by atoms with Crippen LogP contribution in [0.25, 0.3) is 10.9 Å². The highest BCUT2D eigenvalue weighted by Gasteiger charge is 2.27. The summed E-state index contributed by atoms with van der Waals surface area (Å²) in [7, 11) is 0. The first kappa shape index (κ1) is 109. The van der Waals surface area contributed by atoms with E-state index in [1.54, 1.807) is 32.9 Å². The lowest BCUT2D eigenvalue weighted by Crippen LogP contribution is -2.39. The van der Waals surface area contributed by atoms with E-state index >= 15 is 0 Å². The average Bonchev–Trinajstić information content (AvgIpc) is 1.58. The molecule has 1 aromatic heterocycles. The number of nitrogens with one attached hydrogen (secondary N) is 7. The summed E-state index contributed by atoms with van der Waals surface area (Å²) in [5.74, 6) is 4.40. The van der Waals surface area contributed by atoms with E-state index in [4.69, 9.17) is 61.6 Å². The predicted molar refractivity (Wildman–Crippen MR) is 493 cm³/mol. The SMILES string of the molecule is CCNC(C(=O)OCC)c1ccc(OCC)cc1.CCNC(Cc1ccc(OCC)c([N+](=O)[O-])c1)C(=O)OCC.CCN[C@@H](Cc1c[nH]c2ccc(OCC)cc12)C(=O)OCC.CCN[C@@H](Cc1ccc(Oc2ccc(OCC)cc2)cc1)C(=O)OCC.CCN[C@@H](Cc1cccc(OCC)c1)C(=O)OCC.CCN[C@@H](Cc1ccccc1OCC)C(=O)OCC. The smallest absolute Gasteiger partial charge is 0.327 e. The minimum Gasteiger partial charge on any atom is -0.494 e. The molecule has 694 valence electrons. The quantitative estimate of drug-likeness (QED) is 0.00806. The van der Waals surface area contributed by atoms with Gasteiger partial charge in [0, 0.05) is 36.0 Å². The van der Waals surface area contributed by atoms with Crippen LogP contribution in [0.15, 0.2) is 164 Å². The number of aromatic amines is 1. The van der Waals surface area contributed by atoms with Crippen molar-refractivity contribution >= 4 is 52.4 Å². The van der Waals surface area contributed by atoms with Crippen molar-refractivity contribution in [3.05, 3.63) is 207 Å². The van der Waals surface area contributed by atoms with Crippen LogP contribution < -0.4 is 65.1 Å². The Morgan fingerprint density at radius 2 is 0.675 bits per heavy atom. The maximum absolute atomic E-state index is 12.0. The number of rotatable bonds is 50. The summed E-state index contributed by atoms with van der Waals surface area (Å²) in [6, 6.07) is 46.8. The fourth-order valence-electron chi connectivity index (χ4n) is 12.7. The third-order valence-electron chi connectivity index (χ3n) is 18.1. The van der Waals surface area contributed by atoms with E-state index < -0.39 is 17.0 Å². The van der Waals surface area contributed by atoms with Crippen LogP contribution in [0.5, 0.6) is 46.0 Å². The van der Waals surface area contributed by atoms with Gasteiger partial charge in [-0.2, -0.15) is 0 Å². The number of para-hydroxylation sites is 1. The molecule has 0 aliphatic heterocycles. The first-order chi connectivity index (χ1) is 61.0. The van der Waals surface area contributed by atoms with E-state index in [2.05, 4.69) is 36.9 Å². The Hall–Kier alpha value is -11.3. The Bertz CT molecular complexity index is 4360. The predicted octanol–water partition coefficient (Wildman–Crippen LogP) is 15.3. The van der Waals surface area contributed by atoms with Crippen LogP contribution in [0.1, 0.15) is 164 Å². The highest BCUT2D eigenvalue weighted by molar-refractivity contribution is 5.86. The van der Waals surface area contributed by atoms with Crippen LogP contribution in [-0.2, 0) is 89.3 Å². The molecule has 0 bridgehead atoms. The number of hydrogen-bond acceptors (Lipinski definition) is 27. The van der Waals surface area contributed by atoms with Gasteiger partial charge < -0.3 is 98.5 Å². The molecule has 29 heteroatoms. The average molecular weight is 1750 g/mol. The van der Waals surface area contributed by atoms with Gasteiger partial charge in [0.15, 0.2) is 5.75 Å². The summed E-state index contributed by atoms with van der Waals surface area (Å²) in [5, 5.41) is 31.0. The Balaban J connectivity index is 0.000000392. The molecule has 0 saturated heterocycles. The number of hydrogen-bond donors (Lipinski definition) is 7. The molecule has 8 aromatic rings. The highest BCUT2D eigenvalue weighted by Crippen LogP contribution is 2.31. The Labute approximate surface area is 745 Å². The number of nitro benzene ring substituents is 1. The zero-order chi connectivity index (χ0) is 92.8. The van der Waals surface area contributed by atoms with E-state index in [9.17, 15) is 38.9 Å². The van der Waals surface area contributed by atoms with Crippen molar-refractivity contribution in [2.24, 2.45) is 0 Å². The third kappa shape index (κ3) is 41.2. The summed E-state index contributed by atoms with van der Waals surface area (Å²) >= 11 is 0. The molecule has 29 nitrogen and oxygen atoms in total. The zero-order valence-corrected chi connectivity index (χ0v) is 77.3. The third-order valence-corrected chi connectivity index (χ3v) is 18.1. The van der Waals surface area contributed by atoms with E-state index in [0.29, 0.717) is 137 Å². The molecule has 0 amide bonds. The maximum atomic E-state index is 12.0. The molecule has 0 spiro atoms. The van der Waals surface area contributed by atoms with Crippen molar-refractivity contribution in [2.75, 3.05) is 119 Å². The van der Waals surface area contributed by atoms with E-state index in [-0.39, 0.29) is 71.4 Å². The molecule has 8 rings (SSSR count). The lowest BCUT2D eigenvalue weighted by molar-refractivity contribution is -0.385. The van der Waals surface area contributed by atoms with Crippen LogP contribution in [0.2, 0.25) is 0 Å². The summed E-state index contributed by atoms with van der Waals surface area (Å²) in [6.07, 6.45) is 4.61. The van der Waals surface area contributed by atoms with E-state index in [0.717, 1.165) is 98.6 Å². The monoisotopic (exact) mass is 1750 g/mol. The number of ether oxygens (including phenoxy) is 13. The molecule has 0 aliphatic carbocycles. The molecule has 0 saturated carbocycles. The van der Waals surface area contributed by atoms with Gasteiger partial charge >= 0.3 is 41.5 Å². The zero-order valence-electron chi connectivity index (χ0n) is 77.3. The normalized spacial score (nSPS) is 11.9. The van der Waals surface area contributed by atoms with Crippen LogP contribution in [0, 0.1) is 10.1 Å². The van der Waals surface area contributed by atoms with Crippen LogP contribution in [0.4, 0.5) is 5.69 Å². The molecule has 0 aliphatic rings. The second-order valence-electron chi connectivity index (χ2n) is 27.3. The number of nitro groups is 1. The molecule has 0 fully saturated rings. The summed E-state index contributed by atoms with van der Waals surface area (Å²) < 4.78 is 69.0. The number of nitrogens with zero attached hydrogens (tertiary/aromatic N) is 1. The van der Waals surface area contributed by atoms with Gasteiger partial charge in [-0.1, -0.05) is 102 Å². The molecular weight excluding hydrogens is 1610 g/mol. The first-order valence-corrected chi connectivity index (χ1v) is 44.2. The highest BCUT2D eigenvalue weighted by atomic mass is 16.6. The van der Waals surface area contributed by atoms with Crippen molar-refractivity contribution in [2.45, 2.75) is 193 Å². The molecule has 126 heavy (non-hydrogen) atoms. The van der Waals surface area contributed by atoms with Crippen molar-refractivity contribution in [1.82, 2.24) is 36.9 Å². The Kier molecular flexibility index (Phi) is 56.4. The largest absolute Gasteiger partial charge is 0.494 e. The summed E-state index contributed by atoms with van der Waals surface area (Å²) in [6.45, 7) is 44.0. The van der Waals surface area contributed by atoms with Crippen molar-refractivity contribution in [3.8, 4) is 46.0 Å². The van der Waals surface area contributed by atoms with Crippen molar-refractivity contribution < 1.29 is 95.3 Å². The van der Waals surface area contributed by atoms with Crippen LogP contribution in [0.3, 0.4) is 0 Å². The second-order valence-corrected chi connectivity index (χ2v) is 27.3. The fourth-order valence-corrected chi connectivity index (χ4v) is 12.7. The first-order valence-electron chi connectivity index (χ1n) is 44.2. The molecular formula is C97H140N8O21. The number of carbonyl (C=O) groups is 6. The second kappa shape index (κ2) is 65.3. The number of carbonyl (C=O) groups excluding carboxylic acids is 6. The van der Waals surface area contributed by atoms with Gasteiger partial charge in [0.05, 0.1) is 84.2 Å². The molecule has 6 atom stereocenters. The lowest BCUT2D eigenvalue weighted by Gasteiger charge is -2.18. The van der Waals surface area contributed by atoms with Gasteiger partial charge in [-0.25, -0.2) is 4.79 Å². The number of esters is 6. The van der Waals surface area contributed by atoms with Crippen molar-refractivity contribution in [3.63, 3.8) is 0 Å². The number of H-pyrrole nitrogens is 1. The minimum atomic E-state index is -0.525. The van der Waals surface area contributed by atoms with Crippen LogP contribution >= 0.6 is 0 Å². The van der Waals surface area contributed by atoms with E-state index in [1.165, 1.54) is 6.07 Å². The minimum absolute atomic E-state index is 0.0987. The van der Waals surface area contributed by atoms with Crippen LogP contribution in [-0.4, -0.2) is 194 Å². The number of fused-ring (bicyclic) bond motifs is 1. The van der Waals surface area contributed by atoms with E-state index in [1.807, 2.05) is 250 Å². The molecule has 0 radical (unpaired) electrons. The number of aromatic nitrogens is 1. The Morgan fingerprint density at radius 3 is 1.11 bits per heavy atom. The van der Waals surface area contributed by atoms with Gasteiger partial charge in [0.25, 0.3) is 0 Å². The van der Waals surface area contributed by atoms with Gasteiger partial charge in [-0.3, -0.25) is 34.1 Å². The summed E-state index contributed by atoms with van der Waals surface area (Å²) in [4.78, 5) is 85.3.